The molecule has 0 aliphatic carbocycles. The first-order valence-corrected chi connectivity index (χ1v) is 7.80. The normalized spacial score (nSPS) is 25.3. The van der Waals surface area contributed by atoms with Crippen molar-refractivity contribution in [2.45, 2.75) is 78.4 Å². The maximum Gasteiger partial charge on any atom is 0.0611 e. The summed E-state index contributed by atoms with van der Waals surface area (Å²) in [4.78, 5) is 2.60. The van der Waals surface area contributed by atoms with Crippen LogP contribution in [0.5, 0.6) is 0 Å². The van der Waals surface area contributed by atoms with Gasteiger partial charge in [-0.15, -0.1) is 0 Å². The summed E-state index contributed by atoms with van der Waals surface area (Å²) in [5, 5.41) is 13.2. The van der Waals surface area contributed by atoms with E-state index < -0.39 is 0 Å². The van der Waals surface area contributed by atoms with Crippen molar-refractivity contribution in [3.8, 4) is 0 Å². The Bertz CT molecular complexity index is 278. The first-order valence-electron chi connectivity index (χ1n) is 7.80. The molecule has 0 aromatic carbocycles. The van der Waals surface area contributed by atoms with E-state index in [9.17, 15) is 5.11 Å². The first kappa shape index (κ1) is 16.9. The zero-order chi connectivity index (χ0) is 14.7. The summed E-state index contributed by atoms with van der Waals surface area (Å²) in [7, 11) is 0. The average molecular weight is 270 g/mol. The van der Waals surface area contributed by atoms with E-state index in [1.165, 1.54) is 25.9 Å². The lowest BCUT2D eigenvalue weighted by molar-refractivity contribution is 0.0552. The molecule has 0 amide bonds. The van der Waals surface area contributed by atoms with Gasteiger partial charge in [0, 0.05) is 24.2 Å². The van der Waals surface area contributed by atoms with Gasteiger partial charge in [0.1, 0.15) is 0 Å². The Morgan fingerprint density at radius 1 is 1.32 bits per heavy atom. The smallest absolute Gasteiger partial charge is 0.0611 e. The molecule has 2 unspecified atom stereocenters. The van der Waals surface area contributed by atoms with E-state index in [1.807, 2.05) is 0 Å². The van der Waals surface area contributed by atoms with E-state index in [2.05, 4.69) is 51.8 Å². The number of likely N-dealkylation sites (tertiary alicyclic amines) is 1. The van der Waals surface area contributed by atoms with E-state index in [4.69, 9.17) is 0 Å². The molecule has 1 aliphatic rings. The molecule has 0 radical (unpaired) electrons. The predicted octanol–water partition coefficient (Wildman–Crippen LogP) is 2.64. The lowest BCUT2D eigenvalue weighted by Gasteiger charge is -2.44. The van der Waals surface area contributed by atoms with Crippen LogP contribution in [0.2, 0.25) is 0 Å². The second kappa shape index (κ2) is 6.55. The Kier molecular flexibility index (Phi) is 5.84. The standard InChI is InChI=1S/C16H34N2O/c1-13(2)17-16(6,12-19)10-14(3)18-9-7-8-15(4,5)11-18/h13-14,17,19H,7-12H2,1-6H3. The summed E-state index contributed by atoms with van der Waals surface area (Å²) in [5.74, 6) is 0. The Labute approximate surface area is 119 Å². The van der Waals surface area contributed by atoms with Crippen LogP contribution >= 0.6 is 0 Å². The molecule has 0 spiro atoms. The number of hydrogen-bond donors (Lipinski definition) is 2. The third-order valence-electron chi connectivity index (χ3n) is 4.29. The van der Waals surface area contributed by atoms with Gasteiger partial charge in [-0.1, -0.05) is 27.7 Å². The second-order valence-electron chi connectivity index (χ2n) is 7.81. The number of aliphatic hydroxyl groups is 1. The summed E-state index contributed by atoms with van der Waals surface area (Å²) in [6.07, 6.45) is 3.63. The van der Waals surface area contributed by atoms with Crippen LogP contribution in [0.25, 0.3) is 0 Å². The van der Waals surface area contributed by atoms with Crippen molar-refractivity contribution in [3.63, 3.8) is 0 Å². The van der Waals surface area contributed by atoms with Crippen molar-refractivity contribution >= 4 is 0 Å². The molecule has 0 aromatic rings. The molecule has 1 saturated heterocycles. The summed E-state index contributed by atoms with van der Waals surface area (Å²) in [6, 6.07) is 0.921. The van der Waals surface area contributed by atoms with E-state index in [-0.39, 0.29) is 12.1 Å². The topological polar surface area (TPSA) is 35.5 Å². The fraction of sp³-hybridized carbons (Fsp3) is 1.00. The number of rotatable bonds is 6. The zero-order valence-corrected chi connectivity index (χ0v) is 13.8. The van der Waals surface area contributed by atoms with Gasteiger partial charge < -0.3 is 15.3 Å². The fourth-order valence-electron chi connectivity index (χ4n) is 3.49. The number of aliphatic hydroxyl groups excluding tert-OH is 1. The molecule has 2 N–H and O–H groups in total. The SMILES string of the molecule is CC(C)NC(C)(CO)CC(C)N1CCCC(C)(C)C1. The average Bonchev–Trinajstić information content (AvgIpc) is 2.26. The highest BCUT2D eigenvalue weighted by atomic mass is 16.3. The largest absolute Gasteiger partial charge is 0.394 e. The first-order chi connectivity index (χ1) is 8.67. The maximum atomic E-state index is 9.70. The molecule has 3 heteroatoms. The molecule has 0 bridgehead atoms. The molecule has 2 atom stereocenters. The maximum absolute atomic E-state index is 9.70. The molecular weight excluding hydrogens is 236 g/mol. The Morgan fingerprint density at radius 2 is 1.95 bits per heavy atom. The highest BCUT2D eigenvalue weighted by molar-refractivity contribution is 4.90. The second-order valence-corrected chi connectivity index (χ2v) is 7.81. The van der Waals surface area contributed by atoms with Crippen molar-refractivity contribution in [1.82, 2.24) is 10.2 Å². The molecule has 3 nitrogen and oxygen atoms in total. The summed E-state index contributed by atoms with van der Waals surface area (Å²) in [6.45, 7) is 16.0. The molecule has 0 saturated carbocycles. The quantitative estimate of drug-likeness (QED) is 0.779. The van der Waals surface area contributed by atoms with Crippen LogP contribution in [0.1, 0.15) is 60.8 Å². The van der Waals surface area contributed by atoms with Crippen LogP contribution < -0.4 is 5.32 Å². The van der Waals surface area contributed by atoms with Gasteiger partial charge in [-0.2, -0.15) is 0 Å². The van der Waals surface area contributed by atoms with Crippen molar-refractivity contribution in [3.05, 3.63) is 0 Å². The van der Waals surface area contributed by atoms with Crippen LogP contribution in [-0.4, -0.2) is 47.3 Å². The van der Waals surface area contributed by atoms with Crippen molar-refractivity contribution in [2.24, 2.45) is 5.41 Å². The van der Waals surface area contributed by atoms with Crippen LogP contribution in [-0.2, 0) is 0 Å². The van der Waals surface area contributed by atoms with Gasteiger partial charge in [-0.05, 0) is 45.1 Å². The molecule has 1 fully saturated rings. The molecule has 1 heterocycles. The van der Waals surface area contributed by atoms with Crippen molar-refractivity contribution < 1.29 is 5.11 Å². The minimum Gasteiger partial charge on any atom is -0.394 e. The van der Waals surface area contributed by atoms with Gasteiger partial charge in [0.15, 0.2) is 0 Å². The van der Waals surface area contributed by atoms with Crippen LogP contribution in [0.3, 0.4) is 0 Å². The van der Waals surface area contributed by atoms with Gasteiger partial charge in [0.25, 0.3) is 0 Å². The summed E-state index contributed by atoms with van der Waals surface area (Å²) in [5.41, 5.74) is 0.267. The third kappa shape index (κ3) is 5.41. The monoisotopic (exact) mass is 270 g/mol. The van der Waals surface area contributed by atoms with E-state index >= 15 is 0 Å². The van der Waals surface area contributed by atoms with Crippen LogP contribution in [0, 0.1) is 5.41 Å². The minimum absolute atomic E-state index is 0.171. The lowest BCUT2D eigenvalue weighted by Crippen LogP contribution is -2.54. The Hall–Kier alpha value is -0.120. The van der Waals surface area contributed by atoms with Gasteiger partial charge in [0.05, 0.1) is 6.61 Å². The van der Waals surface area contributed by atoms with E-state index in [1.54, 1.807) is 0 Å². The van der Waals surface area contributed by atoms with Gasteiger partial charge in [0.2, 0.25) is 0 Å². The highest BCUT2D eigenvalue weighted by Gasteiger charge is 2.33. The van der Waals surface area contributed by atoms with E-state index in [0.717, 1.165) is 6.42 Å². The molecule has 0 aromatic heterocycles. The van der Waals surface area contributed by atoms with Gasteiger partial charge in [-0.25, -0.2) is 0 Å². The lowest BCUT2D eigenvalue weighted by atomic mass is 9.82. The molecular formula is C16H34N2O. The molecule has 1 rings (SSSR count). The number of nitrogens with zero attached hydrogens (tertiary/aromatic N) is 1. The summed E-state index contributed by atoms with van der Waals surface area (Å²) < 4.78 is 0. The number of nitrogens with one attached hydrogen (secondary N) is 1. The Balaban J connectivity index is 2.59. The van der Waals surface area contributed by atoms with Crippen molar-refractivity contribution in [2.75, 3.05) is 19.7 Å². The molecule has 1 aliphatic heterocycles. The number of hydrogen-bond acceptors (Lipinski definition) is 3. The Morgan fingerprint density at radius 3 is 2.42 bits per heavy atom. The fourth-order valence-corrected chi connectivity index (χ4v) is 3.49. The van der Waals surface area contributed by atoms with Gasteiger partial charge in [-0.3, -0.25) is 0 Å². The van der Waals surface area contributed by atoms with Crippen molar-refractivity contribution in [1.29, 1.82) is 0 Å². The minimum atomic E-state index is -0.171. The predicted molar refractivity (Wildman–Crippen MR) is 82.4 cm³/mol. The zero-order valence-electron chi connectivity index (χ0n) is 13.8. The van der Waals surface area contributed by atoms with Crippen LogP contribution in [0.15, 0.2) is 0 Å². The third-order valence-corrected chi connectivity index (χ3v) is 4.29. The van der Waals surface area contributed by atoms with E-state index in [0.29, 0.717) is 17.5 Å². The molecule has 19 heavy (non-hydrogen) atoms. The number of piperidine rings is 1. The highest BCUT2D eigenvalue weighted by Crippen LogP contribution is 2.31. The van der Waals surface area contributed by atoms with Crippen LogP contribution in [0.4, 0.5) is 0 Å². The summed E-state index contributed by atoms with van der Waals surface area (Å²) >= 11 is 0. The molecule has 114 valence electrons. The van der Waals surface area contributed by atoms with Gasteiger partial charge >= 0.3 is 0 Å².